The Hall–Kier alpha value is -1.97. The molecule has 0 saturated heterocycles. The van der Waals surface area contributed by atoms with Crippen molar-refractivity contribution in [2.24, 2.45) is 10.7 Å². The van der Waals surface area contributed by atoms with Crippen molar-refractivity contribution < 1.29 is 26.3 Å². The fraction of sp³-hybridized carbons (Fsp3) is 0.364. The number of para-hydroxylation sites is 2. The minimum absolute atomic E-state index is 0.0320. The molecule has 0 saturated carbocycles. The van der Waals surface area contributed by atoms with Crippen LogP contribution in [0.1, 0.15) is 0 Å². The lowest BCUT2D eigenvalue weighted by Gasteiger charge is -2.14. The number of anilines is 1. The first-order valence-corrected chi connectivity index (χ1v) is 7.72. The SMILES string of the molecule is CS(=O)(=O)CCN=C(N)Nc1ccccc1OC(F)(F)F. The molecular formula is C11H14F3N3O3S. The number of nitrogens with two attached hydrogens (primary N) is 1. The molecule has 1 aromatic carbocycles. The monoisotopic (exact) mass is 325 g/mol. The van der Waals surface area contributed by atoms with Crippen LogP contribution in [0, 0.1) is 0 Å². The highest BCUT2D eigenvalue weighted by molar-refractivity contribution is 7.90. The molecule has 0 unspecified atom stereocenters. The first kappa shape index (κ1) is 17.1. The van der Waals surface area contributed by atoms with E-state index in [1.54, 1.807) is 0 Å². The number of guanidine groups is 1. The van der Waals surface area contributed by atoms with E-state index in [9.17, 15) is 21.6 Å². The molecule has 0 heterocycles. The molecule has 21 heavy (non-hydrogen) atoms. The molecule has 118 valence electrons. The lowest BCUT2D eigenvalue weighted by molar-refractivity contribution is -0.274. The Morgan fingerprint density at radius 1 is 1.38 bits per heavy atom. The van der Waals surface area contributed by atoms with Crippen LogP contribution in [0.15, 0.2) is 29.3 Å². The van der Waals surface area contributed by atoms with Crippen LogP contribution in [0.5, 0.6) is 5.75 Å². The molecule has 0 atom stereocenters. The van der Waals surface area contributed by atoms with Gasteiger partial charge in [-0.25, -0.2) is 8.42 Å². The Balaban J connectivity index is 2.76. The van der Waals surface area contributed by atoms with Crippen molar-refractivity contribution in [3.05, 3.63) is 24.3 Å². The predicted molar refractivity (Wildman–Crippen MR) is 72.9 cm³/mol. The maximum absolute atomic E-state index is 12.2. The molecule has 1 rings (SSSR count). The van der Waals surface area contributed by atoms with Crippen molar-refractivity contribution in [1.29, 1.82) is 0 Å². The summed E-state index contributed by atoms with van der Waals surface area (Å²) in [4.78, 5) is 3.71. The van der Waals surface area contributed by atoms with E-state index in [4.69, 9.17) is 5.73 Å². The van der Waals surface area contributed by atoms with Gasteiger partial charge in [0.25, 0.3) is 0 Å². The summed E-state index contributed by atoms with van der Waals surface area (Å²) in [6.45, 7) is -0.0973. The lowest BCUT2D eigenvalue weighted by atomic mass is 10.3. The van der Waals surface area contributed by atoms with Crippen LogP contribution in [-0.4, -0.2) is 39.3 Å². The molecule has 3 N–H and O–H groups in total. The van der Waals surface area contributed by atoms with Gasteiger partial charge in [0.1, 0.15) is 9.84 Å². The summed E-state index contributed by atoms with van der Waals surface area (Å²) in [5.74, 6) is -0.890. The van der Waals surface area contributed by atoms with Crippen molar-refractivity contribution in [3.8, 4) is 5.75 Å². The van der Waals surface area contributed by atoms with Crippen molar-refractivity contribution in [2.75, 3.05) is 23.9 Å². The van der Waals surface area contributed by atoms with Gasteiger partial charge in [-0.15, -0.1) is 13.2 Å². The highest BCUT2D eigenvalue weighted by Crippen LogP contribution is 2.29. The second-order valence-electron chi connectivity index (χ2n) is 4.07. The third kappa shape index (κ3) is 7.40. The number of rotatable bonds is 5. The molecular weight excluding hydrogens is 311 g/mol. The summed E-state index contributed by atoms with van der Waals surface area (Å²) in [6, 6.07) is 5.28. The highest BCUT2D eigenvalue weighted by atomic mass is 32.2. The van der Waals surface area contributed by atoms with Crippen molar-refractivity contribution >= 4 is 21.5 Å². The normalized spacial score (nSPS) is 13.0. The van der Waals surface area contributed by atoms with E-state index in [2.05, 4.69) is 15.0 Å². The molecule has 0 bridgehead atoms. The second kappa shape index (κ2) is 6.66. The first-order valence-electron chi connectivity index (χ1n) is 5.66. The fourth-order valence-corrected chi connectivity index (χ4v) is 1.72. The summed E-state index contributed by atoms with van der Waals surface area (Å²) in [7, 11) is -3.19. The average molecular weight is 325 g/mol. The second-order valence-corrected chi connectivity index (χ2v) is 6.33. The molecule has 0 amide bonds. The topological polar surface area (TPSA) is 93.8 Å². The number of hydrogen-bond acceptors (Lipinski definition) is 4. The van der Waals surface area contributed by atoms with E-state index in [0.717, 1.165) is 12.3 Å². The summed E-state index contributed by atoms with van der Waals surface area (Å²) in [5, 5.41) is 2.43. The van der Waals surface area contributed by atoms with Crippen LogP contribution in [0.25, 0.3) is 0 Å². The maximum atomic E-state index is 12.2. The van der Waals surface area contributed by atoms with Gasteiger partial charge in [0, 0.05) is 6.26 Å². The summed E-state index contributed by atoms with van der Waals surface area (Å²) < 4.78 is 62.3. The van der Waals surface area contributed by atoms with E-state index in [1.165, 1.54) is 18.2 Å². The molecule has 1 aromatic rings. The fourth-order valence-electron chi connectivity index (χ4n) is 1.29. The number of hydrogen-bond donors (Lipinski definition) is 2. The zero-order valence-corrected chi connectivity index (χ0v) is 11.8. The van der Waals surface area contributed by atoms with E-state index in [-0.39, 0.29) is 23.9 Å². The third-order valence-corrected chi connectivity index (χ3v) is 3.04. The molecule has 0 aliphatic heterocycles. The van der Waals surface area contributed by atoms with Gasteiger partial charge in [0.05, 0.1) is 18.0 Å². The Kier molecular flexibility index (Phi) is 5.41. The average Bonchev–Trinajstić information content (AvgIpc) is 2.28. The zero-order valence-electron chi connectivity index (χ0n) is 11.0. The quantitative estimate of drug-likeness (QED) is 0.630. The van der Waals surface area contributed by atoms with Crippen LogP contribution in [0.4, 0.5) is 18.9 Å². The number of nitrogens with one attached hydrogen (secondary N) is 1. The number of benzene rings is 1. The van der Waals surface area contributed by atoms with Gasteiger partial charge in [-0.1, -0.05) is 12.1 Å². The van der Waals surface area contributed by atoms with Crippen LogP contribution in [0.2, 0.25) is 0 Å². The van der Waals surface area contributed by atoms with Crippen LogP contribution < -0.4 is 15.8 Å². The van der Waals surface area contributed by atoms with E-state index in [0.29, 0.717) is 0 Å². The van der Waals surface area contributed by atoms with Crippen molar-refractivity contribution in [3.63, 3.8) is 0 Å². The van der Waals surface area contributed by atoms with E-state index >= 15 is 0 Å². The molecule has 10 heteroatoms. The number of alkyl halides is 3. The van der Waals surface area contributed by atoms with Gasteiger partial charge >= 0.3 is 6.36 Å². The standard InChI is InChI=1S/C11H14F3N3O3S/c1-21(18,19)7-6-16-10(15)17-8-4-2-3-5-9(8)20-11(12,13)14/h2-5H,6-7H2,1H3,(H3,15,16,17). The van der Waals surface area contributed by atoms with E-state index < -0.39 is 21.9 Å². The molecule has 0 aromatic heterocycles. The van der Waals surface area contributed by atoms with Crippen LogP contribution in [0.3, 0.4) is 0 Å². The Morgan fingerprint density at radius 3 is 2.57 bits per heavy atom. The van der Waals surface area contributed by atoms with Gasteiger partial charge in [0.2, 0.25) is 0 Å². The number of nitrogens with zero attached hydrogens (tertiary/aromatic N) is 1. The van der Waals surface area contributed by atoms with Crippen LogP contribution in [-0.2, 0) is 9.84 Å². The van der Waals surface area contributed by atoms with Gasteiger partial charge in [0.15, 0.2) is 11.7 Å². The highest BCUT2D eigenvalue weighted by Gasteiger charge is 2.32. The van der Waals surface area contributed by atoms with E-state index in [1.807, 2.05) is 0 Å². The van der Waals surface area contributed by atoms with Crippen molar-refractivity contribution in [1.82, 2.24) is 0 Å². The number of sulfone groups is 1. The molecule has 0 aliphatic rings. The largest absolute Gasteiger partial charge is 0.573 e. The Morgan fingerprint density at radius 2 is 2.00 bits per heavy atom. The van der Waals surface area contributed by atoms with Gasteiger partial charge in [-0.3, -0.25) is 4.99 Å². The molecule has 6 nitrogen and oxygen atoms in total. The predicted octanol–water partition coefficient (Wildman–Crippen LogP) is 1.36. The molecule has 0 aliphatic carbocycles. The van der Waals surface area contributed by atoms with Crippen LogP contribution >= 0.6 is 0 Å². The summed E-state index contributed by atoms with van der Waals surface area (Å²) >= 11 is 0. The van der Waals surface area contributed by atoms with Crippen molar-refractivity contribution in [2.45, 2.75) is 6.36 Å². The molecule has 0 spiro atoms. The third-order valence-electron chi connectivity index (χ3n) is 2.12. The van der Waals surface area contributed by atoms with Gasteiger partial charge in [-0.05, 0) is 12.1 Å². The Bertz CT molecular complexity index is 615. The minimum atomic E-state index is -4.83. The first-order chi connectivity index (χ1) is 9.57. The number of halogens is 3. The summed E-state index contributed by atoms with van der Waals surface area (Å²) in [6.07, 6.45) is -3.79. The number of aliphatic imine (C=N–C) groups is 1. The zero-order chi connectivity index (χ0) is 16.1. The molecule has 0 radical (unpaired) electrons. The maximum Gasteiger partial charge on any atom is 0.573 e. The minimum Gasteiger partial charge on any atom is -0.404 e. The lowest BCUT2D eigenvalue weighted by Crippen LogP contribution is -2.25. The smallest absolute Gasteiger partial charge is 0.404 e. The van der Waals surface area contributed by atoms with Gasteiger partial charge in [-0.2, -0.15) is 0 Å². The Labute approximate surface area is 119 Å². The van der Waals surface area contributed by atoms with Gasteiger partial charge < -0.3 is 15.8 Å². The number of ether oxygens (including phenoxy) is 1. The summed E-state index contributed by atoms with van der Waals surface area (Å²) in [5.41, 5.74) is 5.44. The molecule has 0 fully saturated rings.